The predicted molar refractivity (Wildman–Crippen MR) is 90.9 cm³/mol. The molecule has 3 rings (SSSR count). The standard InChI is InChI=1S/C19H19F3N2O3/c1-12-7-8-16(27-12)18(26)23-15(11-24-9-3-6-17(24)25)13-4-2-5-14(10-13)19(20,21)22/h2,4-5,7-8,10,15H,3,6,9,11H2,1H3,(H,23,26). The number of nitrogens with zero attached hydrogens (tertiary/aromatic N) is 1. The lowest BCUT2D eigenvalue weighted by atomic mass is 10.0. The van der Waals surface area contributed by atoms with Crippen molar-refractivity contribution >= 4 is 11.8 Å². The van der Waals surface area contributed by atoms with E-state index >= 15 is 0 Å². The molecule has 2 aromatic rings. The Bertz CT molecular complexity index is 845. The van der Waals surface area contributed by atoms with E-state index in [1.807, 2.05) is 0 Å². The van der Waals surface area contributed by atoms with Crippen LogP contribution < -0.4 is 5.32 Å². The number of amides is 2. The molecule has 1 aliphatic heterocycles. The van der Waals surface area contributed by atoms with E-state index in [-0.39, 0.29) is 23.8 Å². The van der Waals surface area contributed by atoms with Crippen LogP contribution in [-0.2, 0) is 11.0 Å². The maximum Gasteiger partial charge on any atom is 0.416 e. The molecule has 1 aliphatic rings. The number of rotatable bonds is 5. The summed E-state index contributed by atoms with van der Waals surface area (Å²) in [4.78, 5) is 25.9. The van der Waals surface area contributed by atoms with Gasteiger partial charge in [0.2, 0.25) is 5.91 Å². The highest BCUT2D eigenvalue weighted by molar-refractivity contribution is 5.91. The average Bonchev–Trinajstić information content (AvgIpc) is 3.22. The molecule has 27 heavy (non-hydrogen) atoms. The van der Waals surface area contributed by atoms with Crippen molar-refractivity contribution in [3.05, 3.63) is 59.0 Å². The second kappa shape index (κ2) is 7.46. The van der Waals surface area contributed by atoms with Gasteiger partial charge in [-0.2, -0.15) is 13.2 Å². The molecule has 1 fully saturated rings. The smallest absolute Gasteiger partial charge is 0.416 e. The van der Waals surface area contributed by atoms with Gasteiger partial charge in [-0.1, -0.05) is 12.1 Å². The number of carbonyl (C=O) groups excluding carboxylic acids is 2. The molecule has 0 aliphatic carbocycles. The van der Waals surface area contributed by atoms with Crippen molar-refractivity contribution in [1.82, 2.24) is 10.2 Å². The van der Waals surface area contributed by atoms with Gasteiger partial charge in [-0.25, -0.2) is 0 Å². The normalized spacial score (nSPS) is 15.9. The average molecular weight is 380 g/mol. The molecule has 8 heteroatoms. The van der Waals surface area contributed by atoms with Gasteiger partial charge in [0.25, 0.3) is 5.91 Å². The minimum atomic E-state index is -4.49. The Morgan fingerprint density at radius 2 is 2.07 bits per heavy atom. The van der Waals surface area contributed by atoms with Crippen LogP contribution in [-0.4, -0.2) is 29.8 Å². The van der Waals surface area contributed by atoms with Crippen molar-refractivity contribution in [2.24, 2.45) is 0 Å². The second-order valence-electron chi connectivity index (χ2n) is 6.50. The molecular formula is C19H19F3N2O3. The summed E-state index contributed by atoms with van der Waals surface area (Å²) in [6.45, 7) is 2.31. The van der Waals surface area contributed by atoms with E-state index in [9.17, 15) is 22.8 Å². The van der Waals surface area contributed by atoms with E-state index in [0.29, 0.717) is 25.1 Å². The van der Waals surface area contributed by atoms with Gasteiger partial charge in [-0.15, -0.1) is 0 Å². The summed E-state index contributed by atoms with van der Waals surface area (Å²) in [5, 5.41) is 2.70. The van der Waals surface area contributed by atoms with E-state index in [1.165, 1.54) is 18.2 Å². The third kappa shape index (κ3) is 4.50. The van der Waals surface area contributed by atoms with Crippen LogP contribution in [0.1, 0.15) is 46.3 Å². The number of alkyl halides is 3. The molecule has 1 aromatic heterocycles. The van der Waals surface area contributed by atoms with Gasteiger partial charge in [0.15, 0.2) is 5.76 Å². The molecule has 144 valence electrons. The van der Waals surface area contributed by atoms with Crippen molar-refractivity contribution in [3.63, 3.8) is 0 Å². The van der Waals surface area contributed by atoms with Gasteiger partial charge in [0, 0.05) is 19.5 Å². The SMILES string of the molecule is Cc1ccc(C(=O)NC(CN2CCCC2=O)c2cccc(C(F)(F)F)c2)o1. The van der Waals surface area contributed by atoms with Crippen molar-refractivity contribution in [3.8, 4) is 0 Å². The molecule has 5 nitrogen and oxygen atoms in total. The van der Waals surface area contributed by atoms with Crippen molar-refractivity contribution in [2.75, 3.05) is 13.1 Å². The fourth-order valence-corrected chi connectivity index (χ4v) is 3.07. The van der Waals surface area contributed by atoms with Crippen molar-refractivity contribution in [1.29, 1.82) is 0 Å². The van der Waals surface area contributed by atoms with E-state index in [4.69, 9.17) is 4.42 Å². The van der Waals surface area contributed by atoms with Crippen LogP contribution in [0.25, 0.3) is 0 Å². The zero-order chi connectivity index (χ0) is 19.6. The summed E-state index contributed by atoms with van der Waals surface area (Å²) in [5.41, 5.74) is -0.526. The number of aryl methyl sites for hydroxylation is 1. The molecule has 1 saturated heterocycles. The van der Waals surface area contributed by atoms with Crippen LogP contribution in [0.3, 0.4) is 0 Å². The lowest BCUT2D eigenvalue weighted by Crippen LogP contribution is -2.38. The Labute approximate surface area is 154 Å². The Balaban J connectivity index is 1.87. The third-order valence-corrected chi connectivity index (χ3v) is 4.46. The molecule has 1 aromatic carbocycles. The molecule has 2 amide bonds. The first-order valence-corrected chi connectivity index (χ1v) is 8.56. The minimum Gasteiger partial charge on any atom is -0.456 e. The Kier molecular flexibility index (Phi) is 5.25. The molecule has 0 bridgehead atoms. The lowest BCUT2D eigenvalue weighted by Gasteiger charge is -2.25. The molecule has 1 N–H and O–H groups in total. The highest BCUT2D eigenvalue weighted by atomic mass is 19.4. The first kappa shape index (κ1) is 19.0. The maximum atomic E-state index is 13.1. The van der Waals surface area contributed by atoms with Gasteiger partial charge >= 0.3 is 6.18 Å². The van der Waals surface area contributed by atoms with Crippen molar-refractivity contribution in [2.45, 2.75) is 32.0 Å². The quantitative estimate of drug-likeness (QED) is 0.860. The molecule has 1 atom stereocenters. The molecule has 1 unspecified atom stereocenters. The highest BCUT2D eigenvalue weighted by Crippen LogP contribution is 2.31. The van der Waals surface area contributed by atoms with E-state index in [1.54, 1.807) is 17.9 Å². The summed E-state index contributed by atoms with van der Waals surface area (Å²) < 4.78 is 44.5. The predicted octanol–water partition coefficient (Wildman–Crippen LogP) is 3.70. The number of furan rings is 1. The summed E-state index contributed by atoms with van der Waals surface area (Å²) in [5.74, 6) is -0.00469. The van der Waals surface area contributed by atoms with E-state index in [0.717, 1.165) is 12.1 Å². The summed E-state index contributed by atoms with van der Waals surface area (Å²) in [7, 11) is 0. The Morgan fingerprint density at radius 1 is 1.30 bits per heavy atom. The number of benzene rings is 1. The van der Waals surface area contributed by atoms with Gasteiger partial charge in [0.05, 0.1) is 11.6 Å². The zero-order valence-corrected chi connectivity index (χ0v) is 14.7. The molecule has 0 radical (unpaired) electrons. The summed E-state index contributed by atoms with van der Waals surface area (Å²) in [6.07, 6.45) is -3.40. The number of carbonyl (C=O) groups is 2. The number of hydrogen-bond donors (Lipinski definition) is 1. The maximum absolute atomic E-state index is 13.1. The molecular weight excluding hydrogens is 361 g/mol. The number of hydrogen-bond acceptors (Lipinski definition) is 3. The second-order valence-corrected chi connectivity index (χ2v) is 6.50. The number of likely N-dealkylation sites (tertiary alicyclic amines) is 1. The van der Waals surface area contributed by atoms with Crippen molar-refractivity contribution < 1.29 is 27.2 Å². The third-order valence-electron chi connectivity index (χ3n) is 4.46. The van der Waals surface area contributed by atoms with Crippen LogP contribution in [0.4, 0.5) is 13.2 Å². The van der Waals surface area contributed by atoms with Gasteiger partial charge in [-0.3, -0.25) is 9.59 Å². The summed E-state index contributed by atoms with van der Waals surface area (Å²) >= 11 is 0. The first-order chi connectivity index (χ1) is 12.7. The van der Waals surface area contributed by atoms with Crippen LogP contribution in [0.2, 0.25) is 0 Å². The van der Waals surface area contributed by atoms with Crippen LogP contribution in [0, 0.1) is 6.92 Å². The monoisotopic (exact) mass is 380 g/mol. The topological polar surface area (TPSA) is 62.6 Å². The van der Waals surface area contributed by atoms with Crippen LogP contribution in [0.5, 0.6) is 0 Å². The van der Waals surface area contributed by atoms with Crippen LogP contribution in [0.15, 0.2) is 40.8 Å². The van der Waals surface area contributed by atoms with Gasteiger partial charge in [0.1, 0.15) is 5.76 Å². The fraction of sp³-hybridized carbons (Fsp3) is 0.368. The Morgan fingerprint density at radius 3 is 2.67 bits per heavy atom. The largest absolute Gasteiger partial charge is 0.456 e. The molecule has 2 heterocycles. The molecule has 0 saturated carbocycles. The number of halogens is 3. The minimum absolute atomic E-state index is 0.0669. The lowest BCUT2D eigenvalue weighted by molar-refractivity contribution is -0.137. The van der Waals surface area contributed by atoms with Gasteiger partial charge in [-0.05, 0) is 43.2 Å². The Hall–Kier alpha value is -2.77. The first-order valence-electron chi connectivity index (χ1n) is 8.56. The van der Waals surface area contributed by atoms with Crippen LogP contribution >= 0.6 is 0 Å². The zero-order valence-electron chi connectivity index (χ0n) is 14.7. The van der Waals surface area contributed by atoms with E-state index in [2.05, 4.69) is 5.32 Å². The fourth-order valence-electron chi connectivity index (χ4n) is 3.07. The van der Waals surface area contributed by atoms with Gasteiger partial charge < -0.3 is 14.6 Å². The highest BCUT2D eigenvalue weighted by Gasteiger charge is 2.32. The van der Waals surface area contributed by atoms with E-state index < -0.39 is 23.7 Å². The summed E-state index contributed by atoms with van der Waals surface area (Å²) in [6, 6.07) is 7.10. The number of nitrogens with one attached hydrogen (secondary N) is 1. The molecule has 0 spiro atoms.